The van der Waals surface area contributed by atoms with Gasteiger partial charge in [-0.25, -0.2) is 0 Å². The number of amides is 1. The molecule has 1 amide bonds. The van der Waals surface area contributed by atoms with Gasteiger partial charge in [-0.1, -0.05) is 0 Å². The van der Waals surface area contributed by atoms with Crippen molar-refractivity contribution in [1.29, 1.82) is 0 Å². The Hall–Kier alpha value is -1.96. The number of morpholine rings is 1. The third kappa shape index (κ3) is 6.01. The Morgan fingerprint density at radius 1 is 1.07 bits per heavy atom. The van der Waals surface area contributed by atoms with Crippen molar-refractivity contribution in [1.82, 2.24) is 5.32 Å². The molecule has 3 rings (SSSR count). The van der Waals surface area contributed by atoms with E-state index in [1.807, 2.05) is 24.3 Å². The molecule has 29 heavy (non-hydrogen) atoms. The van der Waals surface area contributed by atoms with E-state index < -0.39 is 0 Å². The highest BCUT2D eigenvalue weighted by molar-refractivity contribution is 5.94. The smallest absolute Gasteiger partial charge is 0.275 e. The molecule has 2 saturated heterocycles. The number of quaternary nitrogens is 2. The minimum atomic E-state index is 0.0273. The van der Waals surface area contributed by atoms with Crippen LogP contribution < -0.4 is 20.0 Å². The van der Waals surface area contributed by atoms with Gasteiger partial charge in [0.2, 0.25) is 0 Å². The second-order valence-electron chi connectivity index (χ2n) is 8.89. The van der Waals surface area contributed by atoms with E-state index in [0.717, 1.165) is 63.7 Å². The molecule has 3 N–H and O–H groups in total. The lowest BCUT2D eigenvalue weighted by Crippen LogP contribution is -3.22. The third-order valence-corrected chi connectivity index (χ3v) is 6.30. The van der Waals surface area contributed by atoms with Gasteiger partial charge in [0.15, 0.2) is 12.3 Å². The van der Waals surface area contributed by atoms with Gasteiger partial charge in [-0.05, 0) is 45.0 Å². The van der Waals surface area contributed by atoms with E-state index in [9.17, 15) is 9.59 Å². The molecule has 0 bridgehead atoms. The molecular weight excluding hydrogens is 368 g/mol. The van der Waals surface area contributed by atoms with Gasteiger partial charge in [-0.2, -0.15) is 0 Å². The second kappa shape index (κ2) is 9.69. The summed E-state index contributed by atoms with van der Waals surface area (Å²) in [5.74, 6) is 0.232. The average Bonchev–Trinajstić information content (AvgIpc) is 2.74. The van der Waals surface area contributed by atoms with Gasteiger partial charge in [-0.3, -0.25) is 9.59 Å². The van der Waals surface area contributed by atoms with Gasteiger partial charge >= 0.3 is 0 Å². The topological polar surface area (TPSA) is 67.5 Å². The summed E-state index contributed by atoms with van der Waals surface area (Å²) in [4.78, 5) is 29.1. The molecule has 0 aromatic heterocycles. The molecule has 1 aromatic rings. The number of nitrogens with zero attached hydrogens (tertiary/aromatic N) is 1. The first kappa shape index (κ1) is 21.7. The predicted octanol–water partition coefficient (Wildman–Crippen LogP) is -1.60. The molecule has 2 heterocycles. The number of Topliss-reactive ketones (excluding diaryl/α,β-unsaturated/α-hetero) is 1. The molecule has 2 aliphatic heterocycles. The maximum absolute atomic E-state index is 12.5. The highest BCUT2D eigenvalue weighted by Gasteiger charge is 2.33. The van der Waals surface area contributed by atoms with Crippen molar-refractivity contribution in [2.24, 2.45) is 0 Å². The molecule has 0 atom stereocenters. The van der Waals surface area contributed by atoms with Gasteiger partial charge in [0.25, 0.3) is 5.91 Å². The number of benzene rings is 1. The highest BCUT2D eigenvalue weighted by atomic mass is 16.5. The zero-order valence-electron chi connectivity index (χ0n) is 18.1. The van der Waals surface area contributed by atoms with E-state index in [0.29, 0.717) is 13.1 Å². The first-order valence-electron chi connectivity index (χ1n) is 10.7. The van der Waals surface area contributed by atoms with Crippen molar-refractivity contribution in [3.8, 4) is 0 Å². The van der Waals surface area contributed by atoms with E-state index in [-0.39, 0.29) is 17.2 Å². The van der Waals surface area contributed by atoms with Gasteiger partial charge in [-0.15, -0.1) is 0 Å². The van der Waals surface area contributed by atoms with Crippen LogP contribution in [0.1, 0.15) is 31.1 Å². The molecular formula is C22H36N4O3+2. The van der Waals surface area contributed by atoms with Crippen LogP contribution >= 0.6 is 0 Å². The van der Waals surface area contributed by atoms with Crippen LogP contribution in [0.15, 0.2) is 24.3 Å². The van der Waals surface area contributed by atoms with Crippen LogP contribution in [0.5, 0.6) is 0 Å². The fraction of sp³-hybridized carbons (Fsp3) is 0.636. The summed E-state index contributed by atoms with van der Waals surface area (Å²) in [5.41, 5.74) is 1.92. The monoisotopic (exact) mass is 404 g/mol. The Kier molecular flexibility index (Phi) is 7.27. The number of ketones is 1. The lowest BCUT2D eigenvalue weighted by molar-refractivity contribution is -0.954. The van der Waals surface area contributed by atoms with E-state index >= 15 is 0 Å². The maximum atomic E-state index is 12.5. The quantitative estimate of drug-likeness (QED) is 0.479. The van der Waals surface area contributed by atoms with Crippen LogP contribution in [0, 0.1) is 0 Å². The Morgan fingerprint density at radius 2 is 1.69 bits per heavy atom. The molecule has 7 nitrogen and oxygen atoms in total. The lowest BCUT2D eigenvalue weighted by Gasteiger charge is -2.38. The van der Waals surface area contributed by atoms with Gasteiger partial charge < -0.3 is 24.8 Å². The molecule has 0 radical (unpaired) electrons. The van der Waals surface area contributed by atoms with E-state index in [2.05, 4.69) is 24.1 Å². The number of anilines is 1. The van der Waals surface area contributed by atoms with Crippen LogP contribution in [0.3, 0.4) is 0 Å². The number of hydrogen-bond donors (Lipinski definition) is 3. The molecule has 2 fully saturated rings. The molecule has 2 aliphatic rings. The number of carbonyl (C=O) groups excluding carboxylic acids is 2. The van der Waals surface area contributed by atoms with Crippen molar-refractivity contribution in [3.05, 3.63) is 29.8 Å². The molecule has 160 valence electrons. The van der Waals surface area contributed by atoms with Crippen LogP contribution in [-0.4, -0.2) is 82.8 Å². The molecule has 0 aliphatic carbocycles. The number of carbonyl (C=O) groups is 2. The van der Waals surface area contributed by atoms with Crippen LogP contribution in [0.25, 0.3) is 0 Å². The van der Waals surface area contributed by atoms with Crippen molar-refractivity contribution < 1.29 is 24.1 Å². The lowest BCUT2D eigenvalue weighted by atomic mass is 10.0. The minimum absolute atomic E-state index is 0.0273. The largest absolute Gasteiger partial charge is 0.370 e. The summed E-state index contributed by atoms with van der Waals surface area (Å²) >= 11 is 0. The van der Waals surface area contributed by atoms with Gasteiger partial charge in [0.05, 0.1) is 45.9 Å². The molecule has 1 aromatic carbocycles. The summed E-state index contributed by atoms with van der Waals surface area (Å²) in [7, 11) is 0. The van der Waals surface area contributed by atoms with E-state index in [4.69, 9.17) is 4.74 Å². The van der Waals surface area contributed by atoms with Crippen molar-refractivity contribution in [2.75, 3.05) is 70.5 Å². The van der Waals surface area contributed by atoms with Crippen molar-refractivity contribution >= 4 is 17.4 Å². The normalized spacial score (nSPS) is 19.2. The average molecular weight is 405 g/mol. The molecule has 0 unspecified atom stereocenters. The molecule has 0 saturated carbocycles. The van der Waals surface area contributed by atoms with Crippen LogP contribution in [0.2, 0.25) is 0 Å². The SMILES string of the molecule is CC(=O)c1ccc(N2CC[NH+](CC(=O)NCC(C)(C)[NH+]3CCOCC3)CC2)cc1. The number of piperazine rings is 1. The highest BCUT2D eigenvalue weighted by Crippen LogP contribution is 2.15. The van der Waals surface area contributed by atoms with E-state index in [1.165, 1.54) is 9.80 Å². The summed E-state index contributed by atoms with van der Waals surface area (Å²) < 4.78 is 5.45. The minimum Gasteiger partial charge on any atom is -0.370 e. The predicted molar refractivity (Wildman–Crippen MR) is 113 cm³/mol. The van der Waals surface area contributed by atoms with Crippen molar-refractivity contribution in [3.63, 3.8) is 0 Å². The van der Waals surface area contributed by atoms with Gasteiger partial charge in [0, 0.05) is 11.3 Å². The fourth-order valence-electron chi connectivity index (χ4n) is 4.19. The van der Waals surface area contributed by atoms with E-state index in [1.54, 1.807) is 6.92 Å². The summed E-state index contributed by atoms with van der Waals surface area (Å²) in [6.07, 6.45) is 0. The number of ether oxygens (including phenoxy) is 1. The zero-order chi connectivity index (χ0) is 20.9. The van der Waals surface area contributed by atoms with Crippen LogP contribution in [-0.2, 0) is 9.53 Å². The Balaban J connectivity index is 1.40. The maximum Gasteiger partial charge on any atom is 0.275 e. The summed E-state index contributed by atoms with van der Waals surface area (Å²) in [6.45, 7) is 14.6. The zero-order valence-corrected chi connectivity index (χ0v) is 18.1. The fourth-order valence-corrected chi connectivity index (χ4v) is 4.19. The first-order chi connectivity index (χ1) is 13.8. The number of hydrogen-bond acceptors (Lipinski definition) is 4. The van der Waals surface area contributed by atoms with Gasteiger partial charge in [0.1, 0.15) is 18.6 Å². The first-order valence-corrected chi connectivity index (χ1v) is 10.7. The summed E-state index contributed by atoms with van der Waals surface area (Å²) in [6, 6.07) is 7.82. The van der Waals surface area contributed by atoms with Crippen LogP contribution in [0.4, 0.5) is 5.69 Å². The Morgan fingerprint density at radius 3 is 2.28 bits per heavy atom. The number of nitrogens with one attached hydrogen (secondary N) is 3. The standard InChI is InChI=1S/C22H34N4O3/c1-18(27)19-4-6-20(7-5-19)25-10-8-24(9-11-25)16-21(28)23-17-22(2,3)26-12-14-29-15-13-26/h4-7H,8-17H2,1-3H3,(H,23,28)/p+2. The number of rotatable bonds is 7. The van der Waals surface area contributed by atoms with Crippen molar-refractivity contribution in [2.45, 2.75) is 26.3 Å². The molecule has 0 spiro atoms. The Labute approximate surface area is 174 Å². The second-order valence-corrected chi connectivity index (χ2v) is 8.89. The molecule has 7 heteroatoms. The summed E-state index contributed by atoms with van der Waals surface area (Å²) in [5, 5.41) is 3.16. The third-order valence-electron chi connectivity index (χ3n) is 6.30. The Bertz CT molecular complexity index is 691.